The number of rotatable bonds is 7. The first-order valence-corrected chi connectivity index (χ1v) is 11.2. The Morgan fingerprint density at radius 2 is 1.93 bits per heavy atom. The van der Waals surface area contributed by atoms with Gasteiger partial charge in [0.2, 0.25) is 16.1 Å². The molecule has 1 amide bonds. The summed E-state index contributed by atoms with van der Waals surface area (Å²) >= 11 is 0. The summed E-state index contributed by atoms with van der Waals surface area (Å²) in [6.45, 7) is 3.77. The van der Waals surface area contributed by atoms with Gasteiger partial charge in [0.1, 0.15) is 6.61 Å². The van der Waals surface area contributed by atoms with Crippen molar-refractivity contribution in [3.8, 4) is 11.5 Å². The number of unbranched alkanes of at least 4 members (excludes halogenated alkanes) is 1. The van der Waals surface area contributed by atoms with Gasteiger partial charge in [0, 0.05) is 19.6 Å². The molecule has 1 atom stereocenters. The zero-order valence-corrected chi connectivity index (χ0v) is 16.5. The maximum atomic E-state index is 12.4. The Morgan fingerprint density at radius 3 is 2.63 bits per heavy atom. The Bertz CT molecular complexity index is 744. The monoisotopic (exact) mass is 396 g/mol. The average molecular weight is 397 g/mol. The minimum Gasteiger partial charge on any atom is -0.485 e. The molecule has 2 heterocycles. The third kappa shape index (κ3) is 5.13. The number of nitrogens with one attached hydrogen (secondary N) is 1. The quantitative estimate of drug-likeness (QED) is 0.759. The highest BCUT2D eigenvalue weighted by atomic mass is 32.2. The molecule has 0 aliphatic carbocycles. The molecule has 1 aromatic rings. The maximum absolute atomic E-state index is 12.4. The van der Waals surface area contributed by atoms with Crippen molar-refractivity contribution in [2.45, 2.75) is 38.7 Å². The van der Waals surface area contributed by atoms with Crippen LogP contribution in [0.1, 0.15) is 32.6 Å². The number of amides is 1. The SMILES string of the molecule is CCCCS(=O)(=O)N1CCC(CNC(=O)C2COc3ccccc3O2)CC1. The molecule has 1 unspecified atom stereocenters. The number of ether oxygens (including phenoxy) is 2. The normalized spacial score (nSPS) is 21.0. The van der Waals surface area contributed by atoms with Crippen LogP contribution in [0.15, 0.2) is 24.3 Å². The molecule has 1 fully saturated rings. The Hall–Kier alpha value is -1.80. The van der Waals surface area contributed by atoms with Crippen LogP contribution in [0, 0.1) is 5.92 Å². The molecule has 7 nitrogen and oxygen atoms in total. The lowest BCUT2D eigenvalue weighted by Crippen LogP contribution is -2.47. The van der Waals surface area contributed by atoms with Crippen LogP contribution < -0.4 is 14.8 Å². The zero-order valence-electron chi connectivity index (χ0n) is 15.7. The summed E-state index contributed by atoms with van der Waals surface area (Å²) in [5.74, 6) is 1.55. The number of hydrogen-bond donors (Lipinski definition) is 1. The van der Waals surface area contributed by atoms with Crippen molar-refractivity contribution in [1.29, 1.82) is 0 Å². The van der Waals surface area contributed by atoms with Gasteiger partial charge >= 0.3 is 0 Å². The molecule has 0 spiro atoms. The van der Waals surface area contributed by atoms with Crippen molar-refractivity contribution in [2.75, 3.05) is 32.0 Å². The van der Waals surface area contributed by atoms with E-state index in [0.717, 1.165) is 19.3 Å². The molecule has 0 saturated carbocycles. The summed E-state index contributed by atoms with van der Waals surface area (Å²) in [6.07, 6.45) is 2.44. The van der Waals surface area contributed by atoms with Crippen molar-refractivity contribution in [3.63, 3.8) is 0 Å². The predicted octanol–water partition coefficient (Wildman–Crippen LogP) is 1.78. The van der Waals surface area contributed by atoms with Crippen molar-refractivity contribution in [1.82, 2.24) is 9.62 Å². The van der Waals surface area contributed by atoms with Gasteiger partial charge in [0.05, 0.1) is 5.75 Å². The summed E-state index contributed by atoms with van der Waals surface area (Å²) in [7, 11) is -3.14. The number of sulfonamides is 1. The Balaban J connectivity index is 1.42. The molecule has 0 radical (unpaired) electrons. The van der Waals surface area contributed by atoms with Gasteiger partial charge in [-0.3, -0.25) is 4.79 Å². The van der Waals surface area contributed by atoms with Crippen LogP contribution in [-0.2, 0) is 14.8 Å². The number of nitrogens with zero attached hydrogens (tertiary/aromatic N) is 1. The summed E-state index contributed by atoms with van der Waals surface area (Å²) in [5, 5.41) is 2.93. The van der Waals surface area contributed by atoms with Crippen LogP contribution in [0.4, 0.5) is 0 Å². The smallest absolute Gasteiger partial charge is 0.264 e. The van der Waals surface area contributed by atoms with Crippen LogP contribution in [-0.4, -0.2) is 56.7 Å². The van der Waals surface area contributed by atoms with E-state index in [1.54, 1.807) is 10.4 Å². The molecular weight excluding hydrogens is 368 g/mol. The van der Waals surface area contributed by atoms with E-state index in [1.807, 2.05) is 25.1 Å². The number of hydrogen-bond acceptors (Lipinski definition) is 5. The molecule has 2 aliphatic rings. The Morgan fingerprint density at radius 1 is 1.22 bits per heavy atom. The molecule has 0 bridgehead atoms. The minimum atomic E-state index is -3.14. The van der Waals surface area contributed by atoms with Gasteiger partial charge in [0.25, 0.3) is 5.91 Å². The van der Waals surface area contributed by atoms with Gasteiger partial charge in [-0.15, -0.1) is 0 Å². The van der Waals surface area contributed by atoms with Gasteiger partial charge < -0.3 is 14.8 Å². The second kappa shape index (κ2) is 8.93. The van der Waals surface area contributed by atoms with Crippen molar-refractivity contribution in [3.05, 3.63) is 24.3 Å². The molecule has 8 heteroatoms. The first kappa shape index (κ1) is 19.9. The fraction of sp³-hybridized carbons (Fsp3) is 0.632. The highest BCUT2D eigenvalue weighted by Gasteiger charge is 2.30. The molecule has 0 aromatic heterocycles. The topological polar surface area (TPSA) is 84.9 Å². The molecule has 27 heavy (non-hydrogen) atoms. The van der Waals surface area contributed by atoms with Crippen LogP contribution >= 0.6 is 0 Å². The molecule has 1 aromatic carbocycles. The van der Waals surface area contributed by atoms with Gasteiger partial charge in [0.15, 0.2) is 11.5 Å². The predicted molar refractivity (Wildman–Crippen MR) is 102 cm³/mol. The van der Waals surface area contributed by atoms with E-state index in [0.29, 0.717) is 37.6 Å². The van der Waals surface area contributed by atoms with Crippen molar-refractivity contribution < 1.29 is 22.7 Å². The van der Waals surface area contributed by atoms with Crippen LogP contribution in [0.3, 0.4) is 0 Å². The highest BCUT2D eigenvalue weighted by molar-refractivity contribution is 7.89. The minimum absolute atomic E-state index is 0.191. The van der Waals surface area contributed by atoms with E-state index in [1.165, 1.54) is 0 Å². The van der Waals surface area contributed by atoms with Crippen LogP contribution in [0.5, 0.6) is 11.5 Å². The fourth-order valence-corrected chi connectivity index (χ4v) is 5.03. The summed E-state index contributed by atoms with van der Waals surface area (Å²) in [5.41, 5.74) is 0. The summed E-state index contributed by atoms with van der Waals surface area (Å²) in [6, 6.07) is 7.29. The average Bonchev–Trinajstić information content (AvgIpc) is 2.70. The largest absolute Gasteiger partial charge is 0.485 e. The van der Waals surface area contributed by atoms with Gasteiger partial charge in [-0.1, -0.05) is 25.5 Å². The molecule has 1 N–H and O–H groups in total. The highest BCUT2D eigenvalue weighted by Crippen LogP contribution is 2.30. The van der Waals surface area contributed by atoms with Crippen LogP contribution in [0.2, 0.25) is 0 Å². The lowest BCUT2D eigenvalue weighted by Gasteiger charge is -2.32. The maximum Gasteiger partial charge on any atom is 0.264 e. The Labute approximate surface area is 161 Å². The molecule has 3 rings (SSSR count). The molecular formula is C19H28N2O5S. The van der Waals surface area contributed by atoms with E-state index >= 15 is 0 Å². The van der Waals surface area contributed by atoms with Gasteiger partial charge in [-0.25, -0.2) is 12.7 Å². The first-order valence-electron chi connectivity index (χ1n) is 9.63. The summed E-state index contributed by atoms with van der Waals surface area (Å²) in [4.78, 5) is 12.4. The van der Waals surface area contributed by atoms with E-state index in [4.69, 9.17) is 9.47 Å². The third-order valence-corrected chi connectivity index (χ3v) is 7.05. The number of para-hydroxylation sites is 2. The molecule has 2 aliphatic heterocycles. The number of fused-ring (bicyclic) bond motifs is 1. The Kier molecular flexibility index (Phi) is 6.59. The van der Waals surface area contributed by atoms with Gasteiger partial charge in [-0.2, -0.15) is 0 Å². The van der Waals surface area contributed by atoms with Gasteiger partial charge in [-0.05, 0) is 37.3 Å². The second-order valence-corrected chi connectivity index (χ2v) is 9.21. The second-order valence-electron chi connectivity index (χ2n) is 7.12. The third-order valence-electron chi connectivity index (χ3n) is 5.09. The van der Waals surface area contributed by atoms with Crippen molar-refractivity contribution >= 4 is 15.9 Å². The number of carbonyl (C=O) groups is 1. The lowest BCUT2D eigenvalue weighted by atomic mass is 9.98. The fourth-order valence-electron chi connectivity index (χ4n) is 3.35. The number of benzene rings is 1. The first-order chi connectivity index (χ1) is 13.0. The summed E-state index contributed by atoms with van der Waals surface area (Å²) < 4.78 is 37.4. The van der Waals surface area contributed by atoms with Crippen LogP contribution in [0.25, 0.3) is 0 Å². The number of piperidine rings is 1. The van der Waals surface area contributed by atoms with E-state index in [2.05, 4.69) is 5.32 Å². The van der Waals surface area contributed by atoms with E-state index in [-0.39, 0.29) is 24.2 Å². The molecule has 150 valence electrons. The van der Waals surface area contributed by atoms with Crippen molar-refractivity contribution in [2.24, 2.45) is 5.92 Å². The van der Waals surface area contributed by atoms with E-state index < -0.39 is 16.1 Å². The zero-order chi connectivity index (χ0) is 19.3. The van der Waals surface area contributed by atoms with E-state index in [9.17, 15) is 13.2 Å². The lowest BCUT2D eigenvalue weighted by molar-refractivity contribution is -0.130. The molecule has 1 saturated heterocycles. The standard InChI is InChI=1S/C19H28N2O5S/c1-2-3-12-27(23,24)21-10-8-15(9-11-21)13-20-19(22)18-14-25-16-6-4-5-7-17(16)26-18/h4-7,15,18H,2-3,8-14H2,1H3,(H,20,22). The number of carbonyl (C=O) groups excluding carboxylic acids is 1.